The fraction of sp³-hybridized carbons (Fsp3) is 0.818. The van der Waals surface area contributed by atoms with Gasteiger partial charge < -0.3 is 21.9 Å². The molecule has 0 unspecified atom stereocenters. The van der Waals surface area contributed by atoms with Gasteiger partial charge in [-0.3, -0.25) is 9.59 Å². The van der Waals surface area contributed by atoms with Gasteiger partial charge in [-0.2, -0.15) is 0 Å². The Morgan fingerprint density at radius 2 is 1.88 bits per heavy atom. The van der Waals surface area contributed by atoms with Gasteiger partial charge in [0, 0.05) is 18.5 Å². The van der Waals surface area contributed by atoms with Gasteiger partial charge in [-0.25, -0.2) is 0 Å². The Morgan fingerprint density at radius 3 is 2.41 bits per heavy atom. The first-order valence-electron chi connectivity index (χ1n) is 5.97. The normalized spacial score (nSPS) is 20.6. The molecule has 0 spiro atoms. The van der Waals surface area contributed by atoms with Crippen molar-refractivity contribution >= 4 is 11.9 Å². The molecule has 6 heteroatoms. The number of nitrogens with two attached hydrogens (primary N) is 2. The smallest absolute Gasteiger partial charge is 0.322 e. The predicted molar refractivity (Wildman–Crippen MR) is 63.2 cm³/mol. The number of carboxylic acid groups (broad SMARTS) is 1. The molecule has 1 aliphatic rings. The quantitative estimate of drug-likeness (QED) is 0.522. The van der Waals surface area contributed by atoms with Gasteiger partial charge in [0.1, 0.15) is 6.04 Å². The number of aliphatic carboxylic acids is 1. The van der Waals surface area contributed by atoms with Crippen LogP contribution in [0.3, 0.4) is 0 Å². The summed E-state index contributed by atoms with van der Waals surface area (Å²) in [7, 11) is 0. The zero-order valence-electron chi connectivity index (χ0n) is 9.95. The Hall–Kier alpha value is -1.14. The van der Waals surface area contributed by atoms with Gasteiger partial charge in [-0.1, -0.05) is 19.3 Å². The van der Waals surface area contributed by atoms with Crippen LogP contribution in [0.2, 0.25) is 0 Å². The van der Waals surface area contributed by atoms with Gasteiger partial charge in [-0.05, 0) is 12.8 Å². The van der Waals surface area contributed by atoms with Gasteiger partial charge in [0.05, 0.1) is 0 Å². The van der Waals surface area contributed by atoms with Gasteiger partial charge in [0.25, 0.3) is 0 Å². The monoisotopic (exact) mass is 243 g/mol. The van der Waals surface area contributed by atoms with E-state index in [-0.39, 0.29) is 18.9 Å². The number of carboxylic acids is 1. The SMILES string of the molecule is N[C@@H](CNC(=O)CC1(N)CCCCC1)C(=O)O. The summed E-state index contributed by atoms with van der Waals surface area (Å²) < 4.78 is 0. The van der Waals surface area contributed by atoms with E-state index in [0.29, 0.717) is 0 Å². The van der Waals surface area contributed by atoms with Crippen LogP contribution in [0.5, 0.6) is 0 Å². The largest absolute Gasteiger partial charge is 0.480 e. The standard InChI is InChI=1S/C11H21N3O3/c12-8(10(16)17)7-14-9(15)6-11(13)4-2-1-3-5-11/h8H,1-7,12-13H2,(H,14,15)(H,16,17)/t8-/m0/s1. The van der Waals surface area contributed by atoms with Crippen molar-refractivity contribution in [2.75, 3.05) is 6.54 Å². The van der Waals surface area contributed by atoms with Crippen LogP contribution < -0.4 is 16.8 Å². The highest BCUT2D eigenvalue weighted by Crippen LogP contribution is 2.28. The summed E-state index contributed by atoms with van der Waals surface area (Å²) in [5, 5.41) is 11.1. The van der Waals surface area contributed by atoms with Crippen molar-refractivity contribution in [2.24, 2.45) is 11.5 Å². The molecule has 0 heterocycles. The lowest BCUT2D eigenvalue weighted by molar-refractivity contribution is -0.138. The van der Waals surface area contributed by atoms with E-state index in [1.54, 1.807) is 0 Å². The molecular weight excluding hydrogens is 222 g/mol. The van der Waals surface area contributed by atoms with E-state index in [4.69, 9.17) is 16.6 Å². The molecule has 1 fully saturated rings. The van der Waals surface area contributed by atoms with E-state index in [1.807, 2.05) is 0 Å². The molecule has 0 radical (unpaired) electrons. The highest BCUT2D eigenvalue weighted by molar-refractivity contribution is 5.79. The molecule has 0 aromatic heterocycles. The van der Waals surface area contributed by atoms with Crippen molar-refractivity contribution in [1.29, 1.82) is 0 Å². The molecule has 17 heavy (non-hydrogen) atoms. The summed E-state index contributed by atoms with van der Waals surface area (Å²) in [6, 6.07) is -1.06. The summed E-state index contributed by atoms with van der Waals surface area (Å²) in [6.45, 7) is -0.0513. The Bertz CT molecular complexity index is 288. The van der Waals surface area contributed by atoms with E-state index in [1.165, 1.54) is 6.42 Å². The summed E-state index contributed by atoms with van der Waals surface area (Å²) in [5.74, 6) is -1.34. The lowest BCUT2D eigenvalue weighted by Gasteiger charge is -2.32. The molecule has 1 amide bonds. The lowest BCUT2D eigenvalue weighted by atomic mass is 9.80. The van der Waals surface area contributed by atoms with Crippen molar-refractivity contribution in [3.8, 4) is 0 Å². The van der Waals surface area contributed by atoms with Gasteiger partial charge in [0.2, 0.25) is 5.91 Å². The first-order valence-corrected chi connectivity index (χ1v) is 5.97. The van der Waals surface area contributed by atoms with Crippen molar-refractivity contribution in [2.45, 2.75) is 50.1 Å². The van der Waals surface area contributed by atoms with Crippen LogP contribution >= 0.6 is 0 Å². The lowest BCUT2D eigenvalue weighted by Crippen LogP contribution is -2.48. The average molecular weight is 243 g/mol. The molecule has 6 N–H and O–H groups in total. The average Bonchev–Trinajstić information content (AvgIpc) is 2.26. The van der Waals surface area contributed by atoms with E-state index < -0.39 is 17.6 Å². The third-order valence-corrected chi connectivity index (χ3v) is 3.20. The second-order valence-corrected chi connectivity index (χ2v) is 4.85. The minimum absolute atomic E-state index is 0.0513. The molecule has 0 saturated heterocycles. The fourth-order valence-corrected chi connectivity index (χ4v) is 2.13. The molecule has 0 bridgehead atoms. The number of amides is 1. The third kappa shape index (κ3) is 4.70. The minimum atomic E-state index is -1.12. The Labute approximate surface area is 101 Å². The molecule has 1 aliphatic carbocycles. The van der Waals surface area contributed by atoms with E-state index in [0.717, 1.165) is 25.7 Å². The molecule has 98 valence electrons. The molecular formula is C11H21N3O3. The van der Waals surface area contributed by atoms with Crippen LogP contribution in [-0.4, -0.2) is 35.1 Å². The number of hydrogen-bond donors (Lipinski definition) is 4. The molecule has 0 aromatic rings. The van der Waals surface area contributed by atoms with Crippen LogP contribution in [0.25, 0.3) is 0 Å². The van der Waals surface area contributed by atoms with Crippen molar-refractivity contribution in [1.82, 2.24) is 5.32 Å². The van der Waals surface area contributed by atoms with Crippen LogP contribution in [0.15, 0.2) is 0 Å². The van der Waals surface area contributed by atoms with Crippen LogP contribution in [0.4, 0.5) is 0 Å². The number of carbonyl (C=O) groups excluding carboxylic acids is 1. The van der Waals surface area contributed by atoms with E-state index in [2.05, 4.69) is 5.32 Å². The molecule has 1 atom stereocenters. The van der Waals surface area contributed by atoms with Crippen LogP contribution in [0, 0.1) is 0 Å². The maximum Gasteiger partial charge on any atom is 0.322 e. The Kier molecular flexibility index (Phi) is 4.89. The fourth-order valence-electron chi connectivity index (χ4n) is 2.13. The highest BCUT2D eigenvalue weighted by Gasteiger charge is 2.30. The second kappa shape index (κ2) is 5.97. The molecule has 0 aromatic carbocycles. The molecule has 1 saturated carbocycles. The maximum absolute atomic E-state index is 11.6. The second-order valence-electron chi connectivity index (χ2n) is 4.85. The van der Waals surface area contributed by atoms with Crippen molar-refractivity contribution < 1.29 is 14.7 Å². The maximum atomic E-state index is 11.6. The first-order chi connectivity index (χ1) is 7.93. The van der Waals surface area contributed by atoms with E-state index in [9.17, 15) is 9.59 Å². The highest BCUT2D eigenvalue weighted by atomic mass is 16.4. The summed E-state index contributed by atoms with van der Waals surface area (Å²) in [4.78, 5) is 22.1. The number of nitrogens with one attached hydrogen (secondary N) is 1. The predicted octanol–water partition coefficient (Wildman–Crippen LogP) is -0.434. The van der Waals surface area contributed by atoms with Crippen LogP contribution in [0.1, 0.15) is 38.5 Å². The number of rotatable bonds is 5. The summed E-state index contributed by atoms with van der Waals surface area (Å²) in [5.41, 5.74) is 11.0. The number of hydrogen-bond acceptors (Lipinski definition) is 4. The molecule has 6 nitrogen and oxygen atoms in total. The van der Waals surface area contributed by atoms with Crippen molar-refractivity contribution in [3.63, 3.8) is 0 Å². The Balaban J connectivity index is 2.31. The summed E-state index contributed by atoms with van der Waals surface area (Å²) in [6.07, 6.45) is 5.23. The number of carbonyl (C=O) groups is 2. The zero-order valence-corrected chi connectivity index (χ0v) is 9.95. The molecule has 0 aliphatic heterocycles. The topological polar surface area (TPSA) is 118 Å². The summed E-state index contributed by atoms with van der Waals surface area (Å²) >= 11 is 0. The van der Waals surface area contributed by atoms with Crippen molar-refractivity contribution in [3.05, 3.63) is 0 Å². The third-order valence-electron chi connectivity index (χ3n) is 3.20. The minimum Gasteiger partial charge on any atom is -0.480 e. The van der Waals surface area contributed by atoms with E-state index >= 15 is 0 Å². The van der Waals surface area contributed by atoms with Gasteiger partial charge in [0.15, 0.2) is 0 Å². The molecule has 1 rings (SSSR count). The first kappa shape index (κ1) is 13.9. The van der Waals surface area contributed by atoms with Gasteiger partial charge in [-0.15, -0.1) is 0 Å². The zero-order chi connectivity index (χ0) is 12.9. The Morgan fingerprint density at radius 1 is 1.29 bits per heavy atom. The van der Waals surface area contributed by atoms with Gasteiger partial charge >= 0.3 is 5.97 Å². The van der Waals surface area contributed by atoms with Crippen LogP contribution in [-0.2, 0) is 9.59 Å².